The summed E-state index contributed by atoms with van der Waals surface area (Å²) in [6.07, 6.45) is 1.59. The molecule has 120 valence electrons. The third-order valence-electron chi connectivity index (χ3n) is 4.01. The molecule has 2 heterocycles. The Labute approximate surface area is 135 Å². The van der Waals surface area contributed by atoms with Crippen molar-refractivity contribution in [1.82, 2.24) is 19.7 Å². The lowest BCUT2D eigenvalue weighted by molar-refractivity contribution is 0.182. The zero-order valence-corrected chi connectivity index (χ0v) is 13.7. The smallest absolute Gasteiger partial charge is 0.137 e. The standard InChI is InChI=1S/C17H21N5O/c1-12-15(13(2)22(21-12)8-9-23-3)10-18-17-14-6-4-5-7-16(14)19-11-20-17/h4-7,11H,8-10H2,1-3H3,(H,18,19,20). The molecule has 6 nitrogen and oxygen atoms in total. The van der Waals surface area contributed by atoms with E-state index in [2.05, 4.69) is 27.3 Å². The van der Waals surface area contributed by atoms with Gasteiger partial charge in [0.1, 0.15) is 12.1 Å². The van der Waals surface area contributed by atoms with Crippen LogP contribution in [0, 0.1) is 13.8 Å². The zero-order valence-electron chi connectivity index (χ0n) is 13.7. The molecule has 2 aromatic heterocycles. The number of aryl methyl sites for hydroxylation is 1. The quantitative estimate of drug-likeness (QED) is 0.758. The van der Waals surface area contributed by atoms with Crippen LogP contribution in [0.15, 0.2) is 30.6 Å². The number of hydrogen-bond donors (Lipinski definition) is 1. The largest absolute Gasteiger partial charge is 0.383 e. The summed E-state index contributed by atoms with van der Waals surface area (Å²) >= 11 is 0. The van der Waals surface area contributed by atoms with E-state index in [1.165, 1.54) is 5.56 Å². The van der Waals surface area contributed by atoms with Crippen LogP contribution in [0.3, 0.4) is 0 Å². The predicted octanol–water partition coefficient (Wildman–Crippen LogP) is 2.70. The number of benzene rings is 1. The summed E-state index contributed by atoms with van der Waals surface area (Å²) in [4.78, 5) is 8.66. The highest BCUT2D eigenvalue weighted by Crippen LogP contribution is 2.20. The van der Waals surface area contributed by atoms with Gasteiger partial charge in [0.25, 0.3) is 0 Å². The lowest BCUT2D eigenvalue weighted by Gasteiger charge is -2.09. The molecule has 0 aliphatic carbocycles. The minimum absolute atomic E-state index is 0.658. The van der Waals surface area contributed by atoms with Gasteiger partial charge in [-0.05, 0) is 26.0 Å². The minimum Gasteiger partial charge on any atom is -0.383 e. The molecule has 6 heteroatoms. The molecule has 0 saturated heterocycles. The van der Waals surface area contributed by atoms with E-state index in [9.17, 15) is 0 Å². The Kier molecular flexibility index (Phi) is 4.52. The van der Waals surface area contributed by atoms with Gasteiger partial charge in [-0.25, -0.2) is 9.97 Å². The number of nitrogens with zero attached hydrogens (tertiary/aromatic N) is 4. The Morgan fingerprint density at radius 2 is 2.00 bits per heavy atom. The maximum atomic E-state index is 5.13. The van der Waals surface area contributed by atoms with Crippen LogP contribution in [0.2, 0.25) is 0 Å². The molecular formula is C17H21N5O. The zero-order chi connectivity index (χ0) is 16.2. The van der Waals surface area contributed by atoms with E-state index in [0.717, 1.165) is 34.7 Å². The van der Waals surface area contributed by atoms with Gasteiger partial charge in [-0.2, -0.15) is 5.10 Å². The van der Waals surface area contributed by atoms with Crippen molar-refractivity contribution in [2.45, 2.75) is 26.9 Å². The molecule has 23 heavy (non-hydrogen) atoms. The van der Waals surface area contributed by atoms with Crippen molar-refractivity contribution in [3.63, 3.8) is 0 Å². The number of rotatable bonds is 6. The number of anilines is 1. The number of para-hydroxylation sites is 1. The molecule has 1 aromatic carbocycles. The molecule has 0 bridgehead atoms. The first-order chi connectivity index (χ1) is 11.2. The van der Waals surface area contributed by atoms with Gasteiger partial charge in [0.15, 0.2) is 0 Å². The highest BCUT2D eigenvalue weighted by atomic mass is 16.5. The molecule has 0 amide bonds. The third-order valence-corrected chi connectivity index (χ3v) is 4.01. The monoisotopic (exact) mass is 311 g/mol. The van der Waals surface area contributed by atoms with E-state index in [0.29, 0.717) is 13.2 Å². The summed E-state index contributed by atoms with van der Waals surface area (Å²) in [6, 6.07) is 7.99. The molecule has 0 atom stereocenters. The van der Waals surface area contributed by atoms with Crippen LogP contribution in [-0.2, 0) is 17.8 Å². The first-order valence-corrected chi connectivity index (χ1v) is 7.66. The first-order valence-electron chi connectivity index (χ1n) is 7.66. The maximum Gasteiger partial charge on any atom is 0.137 e. The highest BCUT2D eigenvalue weighted by molar-refractivity contribution is 5.88. The van der Waals surface area contributed by atoms with Gasteiger partial charge in [-0.1, -0.05) is 12.1 Å². The minimum atomic E-state index is 0.658. The van der Waals surface area contributed by atoms with E-state index in [1.807, 2.05) is 35.9 Å². The van der Waals surface area contributed by atoms with Crippen LogP contribution in [-0.4, -0.2) is 33.5 Å². The Morgan fingerprint density at radius 1 is 1.17 bits per heavy atom. The number of hydrogen-bond acceptors (Lipinski definition) is 5. The second kappa shape index (κ2) is 6.75. The second-order valence-corrected chi connectivity index (χ2v) is 5.46. The van der Waals surface area contributed by atoms with Crippen molar-refractivity contribution in [2.24, 2.45) is 0 Å². The molecule has 1 N–H and O–H groups in total. The number of aromatic nitrogens is 4. The summed E-state index contributed by atoms with van der Waals surface area (Å²) in [6.45, 7) is 6.23. The lowest BCUT2D eigenvalue weighted by Crippen LogP contribution is -2.08. The molecule has 0 unspecified atom stereocenters. The normalized spacial score (nSPS) is 11.1. The lowest BCUT2D eigenvalue weighted by atomic mass is 10.2. The van der Waals surface area contributed by atoms with E-state index >= 15 is 0 Å². The molecule has 0 aliphatic rings. The third kappa shape index (κ3) is 3.17. The first kappa shape index (κ1) is 15.4. The van der Waals surface area contributed by atoms with Gasteiger partial charge < -0.3 is 10.1 Å². The van der Waals surface area contributed by atoms with Crippen molar-refractivity contribution < 1.29 is 4.74 Å². The average Bonchev–Trinajstić information content (AvgIpc) is 2.84. The summed E-state index contributed by atoms with van der Waals surface area (Å²) < 4.78 is 7.13. The van der Waals surface area contributed by atoms with Gasteiger partial charge in [-0.3, -0.25) is 4.68 Å². The van der Waals surface area contributed by atoms with Gasteiger partial charge in [-0.15, -0.1) is 0 Å². The maximum absolute atomic E-state index is 5.13. The van der Waals surface area contributed by atoms with Gasteiger partial charge in [0.05, 0.1) is 24.4 Å². The van der Waals surface area contributed by atoms with Gasteiger partial charge >= 0.3 is 0 Å². The summed E-state index contributed by atoms with van der Waals surface area (Å²) in [5.74, 6) is 0.846. The van der Waals surface area contributed by atoms with Crippen molar-refractivity contribution in [2.75, 3.05) is 19.0 Å². The summed E-state index contributed by atoms with van der Waals surface area (Å²) in [5.41, 5.74) is 4.33. The molecule has 3 aromatic rings. The van der Waals surface area contributed by atoms with Crippen LogP contribution < -0.4 is 5.32 Å². The fraction of sp³-hybridized carbons (Fsp3) is 0.353. The summed E-state index contributed by atoms with van der Waals surface area (Å²) in [5, 5.41) is 9.03. The number of fused-ring (bicyclic) bond motifs is 1. The van der Waals surface area contributed by atoms with E-state index in [4.69, 9.17) is 4.74 Å². The Hall–Kier alpha value is -2.47. The fourth-order valence-corrected chi connectivity index (χ4v) is 2.70. The van der Waals surface area contributed by atoms with Crippen LogP contribution in [0.5, 0.6) is 0 Å². The Bertz CT molecular complexity index is 807. The Morgan fingerprint density at radius 3 is 2.83 bits per heavy atom. The Balaban J connectivity index is 1.81. The fourth-order valence-electron chi connectivity index (χ4n) is 2.70. The van der Waals surface area contributed by atoms with E-state index < -0.39 is 0 Å². The molecule has 0 spiro atoms. The van der Waals surface area contributed by atoms with Crippen molar-refractivity contribution in [1.29, 1.82) is 0 Å². The van der Waals surface area contributed by atoms with Crippen LogP contribution in [0.1, 0.15) is 17.0 Å². The topological polar surface area (TPSA) is 64.9 Å². The van der Waals surface area contributed by atoms with Gasteiger partial charge in [0, 0.05) is 30.3 Å². The molecule has 0 fully saturated rings. The van der Waals surface area contributed by atoms with Crippen molar-refractivity contribution in [3.8, 4) is 0 Å². The molecule has 3 rings (SSSR count). The average molecular weight is 311 g/mol. The van der Waals surface area contributed by atoms with Crippen LogP contribution in [0.4, 0.5) is 5.82 Å². The second-order valence-electron chi connectivity index (χ2n) is 5.46. The van der Waals surface area contributed by atoms with Crippen molar-refractivity contribution in [3.05, 3.63) is 47.5 Å². The van der Waals surface area contributed by atoms with Gasteiger partial charge in [0.2, 0.25) is 0 Å². The summed E-state index contributed by atoms with van der Waals surface area (Å²) in [7, 11) is 1.70. The van der Waals surface area contributed by atoms with E-state index in [1.54, 1.807) is 13.4 Å². The predicted molar refractivity (Wildman–Crippen MR) is 90.4 cm³/mol. The molecule has 0 saturated carbocycles. The molecule has 0 radical (unpaired) electrons. The highest BCUT2D eigenvalue weighted by Gasteiger charge is 2.12. The number of methoxy groups -OCH3 is 1. The number of ether oxygens (including phenoxy) is 1. The number of nitrogens with one attached hydrogen (secondary N) is 1. The molecule has 0 aliphatic heterocycles. The van der Waals surface area contributed by atoms with Crippen LogP contribution in [0.25, 0.3) is 10.9 Å². The van der Waals surface area contributed by atoms with Crippen molar-refractivity contribution >= 4 is 16.7 Å². The SMILES string of the molecule is COCCn1nc(C)c(CNc2ncnc3ccccc23)c1C. The molecular weight excluding hydrogens is 290 g/mol. The van der Waals surface area contributed by atoms with E-state index in [-0.39, 0.29) is 0 Å². The van der Waals surface area contributed by atoms with Crippen LogP contribution >= 0.6 is 0 Å².